The van der Waals surface area contributed by atoms with Crippen LogP contribution in [0.2, 0.25) is 19.1 Å². The minimum absolute atomic E-state index is 0.234. The minimum Gasteiger partial charge on any atom is -0.550 e. The van der Waals surface area contributed by atoms with Crippen LogP contribution in [0.15, 0.2) is 12.3 Å². The van der Waals surface area contributed by atoms with Gasteiger partial charge in [0.15, 0.2) is 0 Å². The molecule has 72 valence electrons. The Hall–Kier alpha value is -0.243. The molecule has 0 N–H and O–H groups in total. The van der Waals surface area contributed by atoms with Gasteiger partial charge in [0.2, 0.25) is 8.32 Å². The summed E-state index contributed by atoms with van der Waals surface area (Å²) in [7, 11) is -1.36. The summed E-state index contributed by atoms with van der Waals surface area (Å²) < 4.78 is 5.71. The van der Waals surface area contributed by atoms with Crippen molar-refractivity contribution in [2.45, 2.75) is 46.8 Å². The smallest absolute Gasteiger partial charge is 0.244 e. The van der Waals surface area contributed by atoms with Gasteiger partial charge in [-0.15, -0.1) is 0 Å². The highest BCUT2D eigenvalue weighted by atomic mass is 28.4. The Morgan fingerprint density at radius 3 is 2.08 bits per heavy atom. The highest BCUT2D eigenvalue weighted by Crippen LogP contribution is 2.16. The van der Waals surface area contributed by atoms with E-state index >= 15 is 0 Å². The lowest BCUT2D eigenvalue weighted by Crippen LogP contribution is -2.26. The van der Waals surface area contributed by atoms with E-state index in [1.165, 1.54) is 6.04 Å². The summed E-state index contributed by atoms with van der Waals surface area (Å²) in [5.74, 6) is 0. The van der Waals surface area contributed by atoms with Crippen molar-refractivity contribution in [1.29, 1.82) is 0 Å². The molecule has 0 unspecified atom stereocenters. The Morgan fingerprint density at radius 2 is 1.75 bits per heavy atom. The van der Waals surface area contributed by atoms with Gasteiger partial charge in [-0.1, -0.05) is 27.7 Å². The van der Waals surface area contributed by atoms with Crippen LogP contribution < -0.4 is 0 Å². The minimum atomic E-state index is -1.36. The van der Waals surface area contributed by atoms with E-state index in [4.69, 9.17) is 4.43 Å². The SMILES string of the molecule is CC[Si](C)(C)O/C=C/C(C)(C)C. The van der Waals surface area contributed by atoms with Crippen LogP contribution >= 0.6 is 0 Å². The molecule has 0 aliphatic carbocycles. The molecular formula is C10H22OSi. The van der Waals surface area contributed by atoms with Crippen molar-refractivity contribution >= 4 is 8.32 Å². The lowest BCUT2D eigenvalue weighted by atomic mass is 9.98. The first-order valence-electron chi connectivity index (χ1n) is 4.62. The summed E-state index contributed by atoms with van der Waals surface area (Å²) in [6.45, 7) is 13.2. The summed E-state index contributed by atoms with van der Waals surface area (Å²) in [5.41, 5.74) is 0.234. The van der Waals surface area contributed by atoms with Crippen molar-refractivity contribution in [2.75, 3.05) is 0 Å². The van der Waals surface area contributed by atoms with Crippen LogP contribution in [0.4, 0.5) is 0 Å². The maximum absolute atomic E-state index is 5.71. The Balaban J connectivity index is 3.91. The molecule has 0 saturated carbocycles. The second kappa shape index (κ2) is 4.12. The Labute approximate surface area is 78.0 Å². The lowest BCUT2D eigenvalue weighted by Gasteiger charge is -2.20. The molecule has 0 saturated heterocycles. The molecular weight excluding hydrogens is 164 g/mol. The van der Waals surface area contributed by atoms with Crippen molar-refractivity contribution in [2.24, 2.45) is 5.41 Å². The number of rotatable bonds is 3. The first kappa shape index (κ1) is 11.8. The first-order valence-corrected chi connectivity index (χ1v) is 7.74. The van der Waals surface area contributed by atoms with Crippen LogP contribution in [0.3, 0.4) is 0 Å². The topological polar surface area (TPSA) is 9.23 Å². The maximum Gasteiger partial charge on any atom is 0.244 e. The molecule has 0 aromatic rings. The van der Waals surface area contributed by atoms with Crippen LogP contribution in [-0.2, 0) is 4.43 Å². The molecule has 2 heteroatoms. The average molecular weight is 186 g/mol. The molecule has 0 aliphatic rings. The molecule has 1 nitrogen and oxygen atoms in total. The summed E-state index contributed by atoms with van der Waals surface area (Å²) >= 11 is 0. The molecule has 0 heterocycles. The Kier molecular flexibility index (Phi) is 4.04. The summed E-state index contributed by atoms with van der Waals surface area (Å²) in [5, 5.41) is 0. The third kappa shape index (κ3) is 6.47. The molecule has 0 bridgehead atoms. The molecule has 12 heavy (non-hydrogen) atoms. The van der Waals surface area contributed by atoms with E-state index in [0.29, 0.717) is 0 Å². The normalized spacial score (nSPS) is 13.8. The van der Waals surface area contributed by atoms with E-state index in [-0.39, 0.29) is 5.41 Å². The van der Waals surface area contributed by atoms with Gasteiger partial charge in [0.1, 0.15) is 0 Å². The van der Waals surface area contributed by atoms with Crippen LogP contribution in [0.25, 0.3) is 0 Å². The molecule has 0 rings (SSSR count). The molecule has 0 radical (unpaired) electrons. The van der Waals surface area contributed by atoms with Crippen molar-refractivity contribution in [1.82, 2.24) is 0 Å². The summed E-state index contributed by atoms with van der Waals surface area (Å²) in [6.07, 6.45) is 4.01. The molecule has 0 aromatic carbocycles. The zero-order chi connectivity index (χ0) is 9.83. The van der Waals surface area contributed by atoms with Crippen molar-refractivity contribution in [3.05, 3.63) is 12.3 Å². The Bertz CT molecular complexity index is 154. The standard InChI is InChI=1S/C10H22OSi/c1-7-12(5,6)11-9-8-10(2,3)4/h8-9H,7H2,1-6H3/b9-8+. The number of allylic oxidation sites excluding steroid dienone is 1. The number of hydrogen-bond donors (Lipinski definition) is 0. The summed E-state index contributed by atoms with van der Waals surface area (Å²) in [4.78, 5) is 0. The van der Waals surface area contributed by atoms with Crippen molar-refractivity contribution in [3.63, 3.8) is 0 Å². The third-order valence-electron chi connectivity index (χ3n) is 1.81. The molecule has 0 aromatic heterocycles. The van der Waals surface area contributed by atoms with Gasteiger partial charge in [-0.05, 0) is 30.6 Å². The van der Waals surface area contributed by atoms with Crippen LogP contribution in [0.5, 0.6) is 0 Å². The Morgan fingerprint density at radius 1 is 1.25 bits per heavy atom. The van der Waals surface area contributed by atoms with Gasteiger partial charge >= 0.3 is 0 Å². The predicted molar refractivity (Wildman–Crippen MR) is 57.6 cm³/mol. The zero-order valence-electron chi connectivity index (χ0n) is 9.27. The maximum atomic E-state index is 5.71. The van der Waals surface area contributed by atoms with Gasteiger partial charge in [-0.2, -0.15) is 0 Å². The predicted octanol–water partition coefficient (Wildman–Crippen LogP) is 3.79. The van der Waals surface area contributed by atoms with Gasteiger partial charge in [0.05, 0.1) is 6.26 Å². The van der Waals surface area contributed by atoms with E-state index in [9.17, 15) is 0 Å². The fraction of sp³-hybridized carbons (Fsp3) is 0.800. The van der Waals surface area contributed by atoms with Crippen LogP contribution in [0, 0.1) is 5.41 Å². The van der Waals surface area contributed by atoms with E-state index in [1.54, 1.807) is 0 Å². The van der Waals surface area contributed by atoms with Gasteiger partial charge < -0.3 is 4.43 Å². The van der Waals surface area contributed by atoms with E-state index < -0.39 is 8.32 Å². The highest BCUT2D eigenvalue weighted by Gasteiger charge is 2.19. The van der Waals surface area contributed by atoms with Gasteiger partial charge in [0, 0.05) is 0 Å². The summed E-state index contributed by atoms with van der Waals surface area (Å²) in [6, 6.07) is 1.17. The highest BCUT2D eigenvalue weighted by molar-refractivity contribution is 6.71. The van der Waals surface area contributed by atoms with Crippen molar-refractivity contribution < 1.29 is 4.43 Å². The average Bonchev–Trinajstić information content (AvgIpc) is 1.84. The fourth-order valence-electron chi connectivity index (χ4n) is 0.506. The number of hydrogen-bond acceptors (Lipinski definition) is 1. The molecule has 0 fully saturated rings. The second-order valence-corrected chi connectivity index (χ2v) is 9.36. The first-order chi connectivity index (χ1) is 5.27. The molecule has 0 aliphatic heterocycles. The second-order valence-electron chi connectivity index (χ2n) is 4.90. The van der Waals surface area contributed by atoms with Gasteiger partial charge in [-0.25, -0.2) is 0 Å². The quantitative estimate of drug-likeness (QED) is 0.481. The molecule has 0 atom stereocenters. The van der Waals surface area contributed by atoms with E-state index in [1.807, 2.05) is 6.26 Å². The zero-order valence-corrected chi connectivity index (χ0v) is 10.3. The third-order valence-corrected chi connectivity index (χ3v) is 4.28. The van der Waals surface area contributed by atoms with E-state index in [0.717, 1.165) is 0 Å². The van der Waals surface area contributed by atoms with Gasteiger partial charge in [0.25, 0.3) is 0 Å². The monoisotopic (exact) mass is 186 g/mol. The lowest BCUT2D eigenvalue weighted by molar-refractivity contribution is 0.448. The van der Waals surface area contributed by atoms with Gasteiger partial charge in [-0.3, -0.25) is 0 Å². The fourth-order valence-corrected chi connectivity index (χ4v) is 1.11. The molecule has 0 amide bonds. The van der Waals surface area contributed by atoms with Crippen LogP contribution in [0.1, 0.15) is 27.7 Å². The molecule has 0 spiro atoms. The van der Waals surface area contributed by atoms with Crippen LogP contribution in [-0.4, -0.2) is 8.32 Å². The largest absolute Gasteiger partial charge is 0.550 e. The van der Waals surface area contributed by atoms with E-state index in [2.05, 4.69) is 46.9 Å². The van der Waals surface area contributed by atoms with Crippen molar-refractivity contribution in [3.8, 4) is 0 Å².